The van der Waals surface area contributed by atoms with E-state index in [2.05, 4.69) is 4.74 Å². The molecular formula is C10H19NO4. The van der Waals surface area contributed by atoms with Crippen LogP contribution in [-0.4, -0.2) is 50.2 Å². The Balaban J connectivity index is 3.92. The average molecular weight is 217 g/mol. The summed E-state index contributed by atoms with van der Waals surface area (Å²) in [6.45, 7) is 4.18. The summed E-state index contributed by atoms with van der Waals surface area (Å²) in [7, 11) is 3.12. The fourth-order valence-electron chi connectivity index (χ4n) is 1.05. The third kappa shape index (κ3) is 6.06. The van der Waals surface area contributed by atoms with Crippen molar-refractivity contribution in [2.24, 2.45) is 0 Å². The lowest BCUT2D eigenvalue weighted by Crippen LogP contribution is -2.36. The molecule has 0 saturated carbocycles. The van der Waals surface area contributed by atoms with E-state index in [9.17, 15) is 9.59 Å². The summed E-state index contributed by atoms with van der Waals surface area (Å²) in [5.41, 5.74) is 0. The maximum atomic E-state index is 11.1. The second kappa shape index (κ2) is 7.23. The molecule has 5 heteroatoms. The van der Waals surface area contributed by atoms with Crippen molar-refractivity contribution < 1.29 is 19.1 Å². The first-order chi connectivity index (χ1) is 7.01. The minimum atomic E-state index is -0.281. The van der Waals surface area contributed by atoms with Crippen molar-refractivity contribution in [3.63, 3.8) is 0 Å². The molecule has 0 aliphatic rings. The molecule has 0 radical (unpaired) electrons. The van der Waals surface area contributed by atoms with Crippen molar-refractivity contribution >= 4 is 11.9 Å². The van der Waals surface area contributed by atoms with Crippen LogP contribution in [0.15, 0.2) is 0 Å². The zero-order valence-corrected chi connectivity index (χ0v) is 9.78. The number of carbonyl (C=O) groups excluding carboxylic acids is 2. The number of methoxy groups -OCH3 is 1. The topological polar surface area (TPSA) is 55.8 Å². The first kappa shape index (κ1) is 13.9. The smallest absolute Gasteiger partial charge is 0.320 e. The second-order valence-corrected chi connectivity index (χ2v) is 3.35. The molecule has 1 unspecified atom stereocenters. The maximum absolute atomic E-state index is 11.1. The molecule has 0 aliphatic heterocycles. The minimum absolute atomic E-state index is 0.0399. The number of ether oxygens (including phenoxy) is 2. The lowest BCUT2D eigenvalue weighted by molar-refractivity contribution is -0.147. The van der Waals surface area contributed by atoms with E-state index in [4.69, 9.17) is 4.74 Å². The van der Waals surface area contributed by atoms with Gasteiger partial charge in [0.25, 0.3) is 0 Å². The summed E-state index contributed by atoms with van der Waals surface area (Å²) in [6, 6.07) is -0.0399. The zero-order valence-electron chi connectivity index (χ0n) is 9.78. The van der Waals surface area contributed by atoms with Crippen LogP contribution in [0.2, 0.25) is 0 Å². The van der Waals surface area contributed by atoms with E-state index in [-0.39, 0.29) is 30.9 Å². The number of likely N-dealkylation sites (N-methyl/N-ethyl adjacent to an activating group) is 1. The first-order valence-electron chi connectivity index (χ1n) is 4.93. The molecule has 0 amide bonds. The average Bonchev–Trinajstić information content (AvgIpc) is 2.17. The highest BCUT2D eigenvalue weighted by Gasteiger charge is 2.16. The fourth-order valence-corrected chi connectivity index (χ4v) is 1.05. The van der Waals surface area contributed by atoms with Gasteiger partial charge in [-0.2, -0.15) is 0 Å². The Morgan fingerprint density at radius 2 is 1.93 bits per heavy atom. The molecule has 0 aromatic heterocycles. The van der Waals surface area contributed by atoms with Gasteiger partial charge in [-0.15, -0.1) is 0 Å². The molecule has 0 fully saturated rings. The highest BCUT2D eigenvalue weighted by molar-refractivity contribution is 5.72. The lowest BCUT2D eigenvalue weighted by Gasteiger charge is -2.22. The first-order valence-corrected chi connectivity index (χ1v) is 4.93. The molecule has 0 aliphatic carbocycles. The largest absolute Gasteiger partial charge is 0.469 e. The Bertz CT molecular complexity index is 217. The molecule has 0 bridgehead atoms. The number of hydrogen-bond donors (Lipinski definition) is 0. The predicted octanol–water partition coefficient (Wildman–Crippen LogP) is 0.433. The van der Waals surface area contributed by atoms with Crippen LogP contribution in [0.1, 0.15) is 20.3 Å². The number of esters is 2. The molecule has 5 nitrogen and oxygen atoms in total. The monoisotopic (exact) mass is 217 g/mol. The predicted molar refractivity (Wildman–Crippen MR) is 55.4 cm³/mol. The van der Waals surface area contributed by atoms with Crippen molar-refractivity contribution in [1.29, 1.82) is 0 Å². The molecule has 15 heavy (non-hydrogen) atoms. The van der Waals surface area contributed by atoms with Gasteiger partial charge < -0.3 is 9.47 Å². The van der Waals surface area contributed by atoms with Crippen LogP contribution < -0.4 is 0 Å². The summed E-state index contributed by atoms with van der Waals surface area (Å²) in [4.78, 5) is 23.9. The molecule has 1 atom stereocenters. The zero-order chi connectivity index (χ0) is 11.8. The molecule has 88 valence electrons. The van der Waals surface area contributed by atoms with Gasteiger partial charge in [-0.25, -0.2) is 0 Å². The van der Waals surface area contributed by atoms with Gasteiger partial charge in [-0.1, -0.05) is 0 Å². The van der Waals surface area contributed by atoms with Crippen molar-refractivity contribution in [3.05, 3.63) is 0 Å². The van der Waals surface area contributed by atoms with Gasteiger partial charge in [0.05, 0.1) is 26.7 Å². The van der Waals surface area contributed by atoms with Crippen molar-refractivity contribution in [1.82, 2.24) is 4.90 Å². The van der Waals surface area contributed by atoms with E-state index in [1.807, 2.05) is 6.92 Å². The van der Waals surface area contributed by atoms with E-state index in [1.54, 1.807) is 18.9 Å². The highest BCUT2D eigenvalue weighted by Crippen LogP contribution is 2.02. The van der Waals surface area contributed by atoms with Gasteiger partial charge in [-0.05, 0) is 20.9 Å². The number of hydrogen-bond acceptors (Lipinski definition) is 5. The van der Waals surface area contributed by atoms with Crippen molar-refractivity contribution in [2.75, 3.05) is 27.3 Å². The minimum Gasteiger partial charge on any atom is -0.469 e. The molecule has 0 heterocycles. The van der Waals surface area contributed by atoms with Gasteiger partial charge in [-0.3, -0.25) is 14.5 Å². The van der Waals surface area contributed by atoms with Gasteiger partial charge in [0, 0.05) is 6.04 Å². The Kier molecular flexibility index (Phi) is 6.70. The van der Waals surface area contributed by atoms with E-state index < -0.39 is 0 Å². The second-order valence-electron chi connectivity index (χ2n) is 3.35. The molecule has 0 saturated heterocycles. The Morgan fingerprint density at radius 3 is 2.40 bits per heavy atom. The summed E-state index contributed by atoms with van der Waals surface area (Å²) < 4.78 is 9.34. The number of rotatable bonds is 6. The van der Waals surface area contributed by atoms with Crippen LogP contribution in [0.5, 0.6) is 0 Å². The Labute approximate surface area is 90.3 Å². The van der Waals surface area contributed by atoms with E-state index in [0.29, 0.717) is 6.61 Å². The summed E-state index contributed by atoms with van der Waals surface area (Å²) >= 11 is 0. The standard InChI is InChI=1S/C10H19NO4/c1-5-15-10(13)7-11(3)8(2)6-9(12)14-4/h8H,5-7H2,1-4H3. The van der Waals surface area contributed by atoms with Gasteiger partial charge >= 0.3 is 11.9 Å². The summed E-state index contributed by atoms with van der Waals surface area (Å²) in [6.07, 6.45) is 0.270. The highest BCUT2D eigenvalue weighted by atomic mass is 16.5. The van der Waals surface area contributed by atoms with Crippen LogP contribution in [0, 0.1) is 0 Å². The maximum Gasteiger partial charge on any atom is 0.320 e. The molecule has 0 aromatic carbocycles. The lowest BCUT2D eigenvalue weighted by atomic mass is 10.2. The van der Waals surface area contributed by atoms with Crippen LogP contribution in [0.3, 0.4) is 0 Å². The van der Waals surface area contributed by atoms with Crippen molar-refractivity contribution in [3.8, 4) is 0 Å². The number of nitrogens with zero attached hydrogens (tertiary/aromatic N) is 1. The van der Waals surface area contributed by atoms with Gasteiger partial charge in [0.15, 0.2) is 0 Å². The van der Waals surface area contributed by atoms with Gasteiger partial charge in [0.2, 0.25) is 0 Å². The van der Waals surface area contributed by atoms with E-state index in [1.165, 1.54) is 7.11 Å². The summed E-state index contributed by atoms with van der Waals surface area (Å²) in [5.74, 6) is -0.560. The van der Waals surface area contributed by atoms with Gasteiger partial charge in [0.1, 0.15) is 0 Å². The van der Waals surface area contributed by atoms with Crippen LogP contribution in [-0.2, 0) is 19.1 Å². The molecule has 0 N–H and O–H groups in total. The molecule has 0 aromatic rings. The van der Waals surface area contributed by atoms with Crippen LogP contribution >= 0.6 is 0 Å². The molecule has 0 spiro atoms. The molecular weight excluding hydrogens is 198 g/mol. The van der Waals surface area contributed by atoms with E-state index >= 15 is 0 Å². The normalized spacial score (nSPS) is 12.3. The molecule has 0 rings (SSSR count). The third-order valence-corrected chi connectivity index (χ3v) is 2.13. The van der Waals surface area contributed by atoms with E-state index in [0.717, 1.165) is 0 Å². The van der Waals surface area contributed by atoms with Crippen LogP contribution in [0.25, 0.3) is 0 Å². The SMILES string of the molecule is CCOC(=O)CN(C)C(C)CC(=O)OC. The Hall–Kier alpha value is -1.10. The summed E-state index contributed by atoms with van der Waals surface area (Å²) in [5, 5.41) is 0. The van der Waals surface area contributed by atoms with Crippen LogP contribution in [0.4, 0.5) is 0 Å². The number of carbonyl (C=O) groups is 2. The van der Waals surface area contributed by atoms with Crippen molar-refractivity contribution in [2.45, 2.75) is 26.3 Å². The Morgan fingerprint density at radius 1 is 1.33 bits per heavy atom. The fraction of sp³-hybridized carbons (Fsp3) is 0.800. The quantitative estimate of drug-likeness (QED) is 0.604. The third-order valence-electron chi connectivity index (χ3n) is 2.13.